The Morgan fingerprint density at radius 2 is 1.91 bits per heavy atom. The van der Waals surface area contributed by atoms with E-state index in [1.807, 2.05) is 9.08 Å². The Kier molecular flexibility index (Phi) is 5.86. The Balaban J connectivity index is 1.64. The number of piperidine rings is 1. The number of rotatable bonds is 4. The van der Waals surface area contributed by atoms with Gasteiger partial charge in [0.1, 0.15) is 6.33 Å². The van der Waals surface area contributed by atoms with E-state index in [0.717, 1.165) is 65.8 Å². The maximum absolute atomic E-state index is 13.3. The van der Waals surface area contributed by atoms with Crippen LogP contribution in [0.5, 0.6) is 0 Å². The molecule has 4 heterocycles. The lowest BCUT2D eigenvalue weighted by molar-refractivity contribution is 0.131. The van der Waals surface area contributed by atoms with Crippen molar-refractivity contribution >= 4 is 16.7 Å². The minimum atomic E-state index is -0.00547. The molecule has 3 aromatic heterocycles. The van der Waals surface area contributed by atoms with Crippen LogP contribution in [-0.4, -0.2) is 48.7 Å². The van der Waals surface area contributed by atoms with E-state index in [2.05, 4.69) is 86.8 Å². The van der Waals surface area contributed by atoms with E-state index < -0.39 is 0 Å². The number of likely N-dealkylation sites (tertiary alicyclic amines) is 1. The second-order valence-corrected chi connectivity index (χ2v) is 11.8. The molecule has 1 aliphatic rings. The Hall–Kier alpha value is -2.93. The van der Waals surface area contributed by atoms with Gasteiger partial charge in [0.25, 0.3) is 0 Å². The molecule has 0 unspecified atom stereocenters. The zero-order chi connectivity index (χ0) is 25.1. The monoisotopic (exact) mass is 474 g/mol. The molecule has 0 aliphatic carbocycles. The molecule has 0 spiro atoms. The molecule has 1 aliphatic heterocycles. The van der Waals surface area contributed by atoms with Crippen molar-refractivity contribution < 1.29 is 0 Å². The first kappa shape index (κ1) is 23.8. The molecule has 0 saturated carbocycles. The van der Waals surface area contributed by atoms with Gasteiger partial charge in [0, 0.05) is 24.8 Å². The van der Waals surface area contributed by atoms with Crippen molar-refractivity contribution in [3.05, 3.63) is 51.8 Å². The van der Waals surface area contributed by atoms with Gasteiger partial charge in [-0.2, -0.15) is 5.10 Å². The molecule has 5 rings (SSSR count). The molecule has 0 bridgehead atoms. The van der Waals surface area contributed by atoms with Gasteiger partial charge < -0.3 is 9.88 Å². The molecule has 7 heteroatoms. The molecule has 1 atom stereocenters. The normalized spacial score (nSPS) is 17.8. The Labute approximate surface area is 207 Å². The molecule has 1 aromatic carbocycles. The van der Waals surface area contributed by atoms with Gasteiger partial charge in [-0.05, 0) is 79.0 Å². The molecule has 4 aromatic rings. The van der Waals surface area contributed by atoms with Crippen molar-refractivity contribution in [2.24, 2.45) is 5.41 Å². The van der Waals surface area contributed by atoms with Crippen LogP contribution < -0.4 is 5.69 Å². The largest absolute Gasteiger partial charge is 0.326 e. The number of hydrogen-bond acceptors (Lipinski definition) is 4. The number of aromatic nitrogens is 5. The van der Waals surface area contributed by atoms with Crippen molar-refractivity contribution in [1.82, 2.24) is 29.0 Å². The van der Waals surface area contributed by atoms with Crippen LogP contribution in [0.4, 0.5) is 0 Å². The number of pyridine rings is 1. The lowest BCUT2D eigenvalue weighted by Gasteiger charge is -2.37. The summed E-state index contributed by atoms with van der Waals surface area (Å²) in [5.74, 6) is 0.308. The molecule has 1 N–H and O–H groups in total. The van der Waals surface area contributed by atoms with Crippen LogP contribution in [0.2, 0.25) is 0 Å². The van der Waals surface area contributed by atoms with Crippen LogP contribution >= 0.6 is 0 Å². The van der Waals surface area contributed by atoms with Crippen molar-refractivity contribution in [1.29, 1.82) is 0 Å². The molecular formula is C28H38N6O. The van der Waals surface area contributed by atoms with Crippen molar-refractivity contribution in [2.45, 2.75) is 73.3 Å². The first-order valence-electron chi connectivity index (χ1n) is 12.8. The van der Waals surface area contributed by atoms with E-state index >= 15 is 0 Å². The Morgan fingerprint density at radius 3 is 2.63 bits per heavy atom. The number of fused-ring (bicyclic) bond motifs is 2. The number of benzene rings is 1. The molecule has 1 saturated heterocycles. The summed E-state index contributed by atoms with van der Waals surface area (Å²) in [7, 11) is 0. The van der Waals surface area contributed by atoms with Crippen LogP contribution in [0.1, 0.15) is 76.1 Å². The zero-order valence-corrected chi connectivity index (χ0v) is 22.1. The predicted molar refractivity (Wildman–Crippen MR) is 142 cm³/mol. The first-order valence-corrected chi connectivity index (χ1v) is 12.8. The number of nitrogens with one attached hydrogen (secondary N) is 1. The molecule has 0 radical (unpaired) electrons. The van der Waals surface area contributed by atoms with Crippen molar-refractivity contribution in [2.75, 3.05) is 19.6 Å². The van der Waals surface area contributed by atoms with Gasteiger partial charge in [0.15, 0.2) is 5.65 Å². The molecule has 1 fully saturated rings. The number of H-pyrrole nitrogens is 1. The number of aryl methyl sites for hydroxylation is 1. The number of aromatic amines is 1. The molecule has 186 valence electrons. The quantitative estimate of drug-likeness (QED) is 0.426. The predicted octanol–water partition coefficient (Wildman–Crippen LogP) is 5.46. The van der Waals surface area contributed by atoms with E-state index in [-0.39, 0.29) is 17.1 Å². The van der Waals surface area contributed by atoms with Gasteiger partial charge in [-0.15, -0.1) is 0 Å². The third-order valence-electron chi connectivity index (χ3n) is 7.47. The first-order chi connectivity index (χ1) is 16.5. The second-order valence-electron chi connectivity index (χ2n) is 11.8. The van der Waals surface area contributed by atoms with Crippen molar-refractivity contribution in [3.8, 4) is 11.1 Å². The van der Waals surface area contributed by atoms with Gasteiger partial charge in [0.05, 0.1) is 17.1 Å². The van der Waals surface area contributed by atoms with Crippen LogP contribution in [0, 0.1) is 19.3 Å². The summed E-state index contributed by atoms with van der Waals surface area (Å²) >= 11 is 0. The summed E-state index contributed by atoms with van der Waals surface area (Å²) in [5, 5.41) is 4.39. The molecule has 0 amide bonds. The number of hydrogen-bond donors (Lipinski definition) is 1. The third-order valence-corrected chi connectivity index (χ3v) is 7.47. The van der Waals surface area contributed by atoms with Crippen LogP contribution in [-0.2, 0) is 0 Å². The minimum absolute atomic E-state index is 0.00547. The molecular weight excluding hydrogens is 436 g/mol. The summed E-state index contributed by atoms with van der Waals surface area (Å²) in [6.45, 7) is 18.6. The summed E-state index contributed by atoms with van der Waals surface area (Å²) < 4.78 is 3.88. The van der Waals surface area contributed by atoms with Crippen LogP contribution in [0.15, 0.2) is 29.5 Å². The van der Waals surface area contributed by atoms with E-state index in [1.54, 1.807) is 6.33 Å². The van der Waals surface area contributed by atoms with Gasteiger partial charge >= 0.3 is 5.69 Å². The topological polar surface area (TPSA) is 71.2 Å². The second kappa shape index (κ2) is 8.63. The van der Waals surface area contributed by atoms with E-state index in [1.165, 1.54) is 11.1 Å². The number of nitrogens with zero attached hydrogens (tertiary/aromatic N) is 5. The van der Waals surface area contributed by atoms with Gasteiger partial charge in [-0.3, -0.25) is 4.57 Å². The lowest BCUT2D eigenvalue weighted by atomic mass is 9.89. The smallest absolute Gasteiger partial charge is 0.306 e. The number of imidazole rings is 1. The summed E-state index contributed by atoms with van der Waals surface area (Å²) in [5.41, 5.74) is 8.89. The SMILES string of the molecule is Cc1c(-c2cc3[nH]c(=O)n([C@@H]4CCCN(CC(C)(C)C)C4)c3cc2C(C)C)cn2ncnc2c1C. The highest BCUT2D eigenvalue weighted by atomic mass is 16.1. The fourth-order valence-corrected chi connectivity index (χ4v) is 5.79. The fraction of sp³-hybridized carbons (Fsp3) is 0.536. The third kappa shape index (κ3) is 4.31. The Bertz CT molecular complexity index is 1450. The maximum Gasteiger partial charge on any atom is 0.326 e. The summed E-state index contributed by atoms with van der Waals surface area (Å²) in [6.07, 6.45) is 5.82. The van der Waals surface area contributed by atoms with Crippen LogP contribution in [0.3, 0.4) is 0 Å². The lowest BCUT2D eigenvalue weighted by Crippen LogP contribution is -2.42. The highest BCUT2D eigenvalue weighted by molar-refractivity contribution is 5.86. The Morgan fingerprint density at radius 1 is 1.14 bits per heavy atom. The highest BCUT2D eigenvalue weighted by Gasteiger charge is 2.27. The van der Waals surface area contributed by atoms with E-state index in [9.17, 15) is 4.79 Å². The standard InChI is InChI=1S/C28H38N6O/c1-17(2)21-12-25-24(11-22(21)23-14-33-26(29-16-30-33)19(4)18(23)3)31-27(35)34(25)20-9-8-10-32(13-20)15-28(5,6)7/h11-12,14,16-17,20H,8-10,13,15H2,1-7H3,(H,31,35)/t20-/m1/s1. The maximum atomic E-state index is 13.3. The molecule has 7 nitrogen and oxygen atoms in total. The average Bonchev–Trinajstić information content (AvgIpc) is 3.37. The zero-order valence-electron chi connectivity index (χ0n) is 22.1. The van der Waals surface area contributed by atoms with Crippen molar-refractivity contribution in [3.63, 3.8) is 0 Å². The average molecular weight is 475 g/mol. The summed E-state index contributed by atoms with van der Waals surface area (Å²) in [6, 6.07) is 4.60. The van der Waals surface area contributed by atoms with Gasteiger partial charge in [-0.1, -0.05) is 34.6 Å². The van der Waals surface area contributed by atoms with E-state index in [0.29, 0.717) is 5.92 Å². The molecule has 35 heavy (non-hydrogen) atoms. The highest BCUT2D eigenvalue weighted by Crippen LogP contribution is 2.37. The van der Waals surface area contributed by atoms with Crippen LogP contribution in [0.25, 0.3) is 27.8 Å². The van der Waals surface area contributed by atoms with Gasteiger partial charge in [-0.25, -0.2) is 14.3 Å². The fourth-order valence-electron chi connectivity index (χ4n) is 5.79. The summed E-state index contributed by atoms with van der Waals surface area (Å²) in [4.78, 5) is 23.4. The van der Waals surface area contributed by atoms with E-state index in [4.69, 9.17) is 0 Å². The minimum Gasteiger partial charge on any atom is -0.306 e. The van der Waals surface area contributed by atoms with Gasteiger partial charge in [0.2, 0.25) is 0 Å².